The van der Waals surface area contributed by atoms with Crippen LogP contribution in [-0.4, -0.2) is 48.9 Å². The summed E-state index contributed by atoms with van der Waals surface area (Å²) in [6.07, 6.45) is 0. The lowest BCUT2D eigenvalue weighted by Crippen LogP contribution is -2.47. The zero-order valence-corrected chi connectivity index (χ0v) is 12.9. The maximum absolute atomic E-state index is 12.4. The number of carbonyl (C=O) groups is 1. The average molecular weight is 332 g/mol. The van der Waals surface area contributed by atoms with Crippen molar-refractivity contribution in [2.45, 2.75) is 6.92 Å². The molecule has 1 aromatic carbocycles. The summed E-state index contributed by atoms with van der Waals surface area (Å²) in [6.45, 7) is 5.35. The van der Waals surface area contributed by atoms with E-state index in [0.717, 1.165) is 36.2 Å². The highest BCUT2D eigenvalue weighted by atomic mass is 79.9. The maximum atomic E-state index is 12.4. The molecule has 1 aliphatic heterocycles. The molecule has 0 bridgehead atoms. The summed E-state index contributed by atoms with van der Waals surface area (Å²) >= 11 is 9.44. The minimum atomic E-state index is 0.0787. The summed E-state index contributed by atoms with van der Waals surface area (Å²) in [5, 5.41) is 0.582. The molecule has 0 N–H and O–H groups in total. The van der Waals surface area contributed by atoms with Crippen LogP contribution in [0.5, 0.6) is 0 Å². The molecule has 0 spiro atoms. The van der Waals surface area contributed by atoms with E-state index < -0.39 is 0 Å². The predicted molar refractivity (Wildman–Crippen MR) is 77.3 cm³/mol. The van der Waals surface area contributed by atoms with Crippen LogP contribution in [0.15, 0.2) is 16.6 Å². The first-order valence-electron chi connectivity index (χ1n) is 5.92. The summed E-state index contributed by atoms with van der Waals surface area (Å²) in [5.74, 6) is 0.0787. The fourth-order valence-electron chi connectivity index (χ4n) is 2.06. The van der Waals surface area contributed by atoms with Crippen LogP contribution in [0, 0.1) is 6.92 Å². The second-order valence-electron chi connectivity index (χ2n) is 4.68. The van der Waals surface area contributed by atoms with Gasteiger partial charge in [0.2, 0.25) is 0 Å². The summed E-state index contributed by atoms with van der Waals surface area (Å²) in [4.78, 5) is 16.5. The van der Waals surface area contributed by atoms with Gasteiger partial charge in [-0.1, -0.05) is 11.6 Å². The Hall–Kier alpha value is -0.580. The molecule has 1 amide bonds. The van der Waals surface area contributed by atoms with Gasteiger partial charge in [0.05, 0.1) is 5.02 Å². The van der Waals surface area contributed by atoms with Crippen LogP contribution < -0.4 is 0 Å². The van der Waals surface area contributed by atoms with E-state index in [1.807, 2.05) is 17.9 Å². The minimum Gasteiger partial charge on any atom is -0.336 e. The van der Waals surface area contributed by atoms with E-state index in [-0.39, 0.29) is 5.91 Å². The highest BCUT2D eigenvalue weighted by molar-refractivity contribution is 9.10. The van der Waals surface area contributed by atoms with Crippen LogP contribution in [0.4, 0.5) is 0 Å². The van der Waals surface area contributed by atoms with Gasteiger partial charge in [0, 0.05) is 36.2 Å². The quantitative estimate of drug-likeness (QED) is 0.790. The molecule has 0 unspecified atom stereocenters. The van der Waals surface area contributed by atoms with E-state index >= 15 is 0 Å². The topological polar surface area (TPSA) is 23.6 Å². The van der Waals surface area contributed by atoms with Crippen molar-refractivity contribution in [3.8, 4) is 0 Å². The summed E-state index contributed by atoms with van der Waals surface area (Å²) < 4.78 is 0.830. The molecule has 0 aliphatic carbocycles. The monoisotopic (exact) mass is 330 g/mol. The number of amides is 1. The standard InChI is InChI=1S/C13H16BrClN2O/c1-9-7-11(14)12(15)8-10(9)13(18)17-5-3-16(2)4-6-17/h7-8H,3-6H2,1-2H3. The van der Waals surface area contributed by atoms with Crippen molar-refractivity contribution in [3.05, 3.63) is 32.8 Å². The number of carbonyl (C=O) groups excluding carboxylic acids is 1. The minimum absolute atomic E-state index is 0.0787. The van der Waals surface area contributed by atoms with Crippen molar-refractivity contribution < 1.29 is 4.79 Å². The van der Waals surface area contributed by atoms with Gasteiger partial charge in [-0.05, 0) is 47.6 Å². The smallest absolute Gasteiger partial charge is 0.254 e. The van der Waals surface area contributed by atoms with Gasteiger partial charge in [0.15, 0.2) is 0 Å². The van der Waals surface area contributed by atoms with Gasteiger partial charge in [-0.3, -0.25) is 4.79 Å². The number of nitrogens with zero attached hydrogens (tertiary/aromatic N) is 2. The summed E-state index contributed by atoms with van der Waals surface area (Å²) in [5.41, 5.74) is 1.66. The molecule has 3 nitrogen and oxygen atoms in total. The van der Waals surface area contributed by atoms with Crippen molar-refractivity contribution in [1.29, 1.82) is 0 Å². The number of halogens is 2. The van der Waals surface area contributed by atoms with E-state index in [1.54, 1.807) is 6.07 Å². The summed E-state index contributed by atoms with van der Waals surface area (Å²) in [6, 6.07) is 3.65. The molecule has 1 saturated heterocycles. The third-order valence-electron chi connectivity index (χ3n) is 3.29. The highest BCUT2D eigenvalue weighted by Crippen LogP contribution is 2.27. The lowest BCUT2D eigenvalue weighted by molar-refractivity contribution is 0.0663. The van der Waals surface area contributed by atoms with Gasteiger partial charge in [-0.25, -0.2) is 0 Å². The van der Waals surface area contributed by atoms with Crippen molar-refractivity contribution in [2.75, 3.05) is 33.2 Å². The Balaban J connectivity index is 2.21. The molecule has 1 fully saturated rings. The van der Waals surface area contributed by atoms with Gasteiger partial charge in [-0.2, -0.15) is 0 Å². The lowest BCUT2D eigenvalue weighted by Gasteiger charge is -2.32. The maximum Gasteiger partial charge on any atom is 0.254 e. The third-order valence-corrected chi connectivity index (χ3v) is 4.49. The lowest BCUT2D eigenvalue weighted by atomic mass is 10.1. The van der Waals surface area contributed by atoms with Gasteiger partial charge in [0.25, 0.3) is 5.91 Å². The molecular weight excluding hydrogens is 316 g/mol. The first kappa shape index (κ1) is 13.8. The van der Waals surface area contributed by atoms with E-state index in [9.17, 15) is 4.79 Å². The normalized spacial score (nSPS) is 17.0. The Morgan fingerprint density at radius 1 is 1.28 bits per heavy atom. The molecule has 98 valence electrons. The molecule has 1 aromatic rings. The Morgan fingerprint density at radius 3 is 2.50 bits per heavy atom. The number of rotatable bonds is 1. The second-order valence-corrected chi connectivity index (χ2v) is 5.94. The van der Waals surface area contributed by atoms with Crippen LogP contribution in [0.2, 0.25) is 5.02 Å². The molecule has 18 heavy (non-hydrogen) atoms. The fourth-order valence-corrected chi connectivity index (χ4v) is 2.68. The Bertz CT molecular complexity index is 470. The largest absolute Gasteiger partial charge is 0.336 e. The number of piperazine rings is 1. The van der Waals surface area contributed by atoms with Gasteiger partial charge in [-0.15, -0.1) is 0 Å². The molecule has 0 radical (unpaired) electrons. The first-order valence-corrected chi connectivity index (χ1v) is 7.09. The molecular formula is C13H16BrClN2O. The van der Waals surface area contributed by atoms with Crippen molar-refractivity contribution >= 4 is 33.4 Å². The average Bonchev–Trinajstić information content (AvgIpc) is 2.34. The van der Waals surface area contributed by atoms with E-state index in [1.165, 1.54) is 0 Å². The van der Waals surface area contributed by atoms with Crippen LogP contribution in [-0.2, 0) is 0 Å². The van der Waals surface area contributed by atoms with E-state index in [4.69, 9.17) is 11.6 Å². The third kappa shape index (κ3) is 2.87. The van der Waals surface area contributed by atoms with Gasteiger partial charge >= 0.3 is 0 Å². The van der Waals surface area contributed by atoms with Gasteiger partial charge in [0.1, 0.15) is 0 Å². The molecule has 2 rings (SSSR count). The molecule has 1 aliphatic rings. The zero-order chi connectivity index (χ0) is 13.3. The molecule has 0 aromatic heterocycles. The molecule has 1 heterocycles. The van der Waals surface area contributed by atoms with E-state index in [0.29, 0.717) is 10.6 Å². The number of aryl methyl sites for hydroxylation is 1. The summed E-state index contributed by atoms with van der Waals surface area (Å²) in [7, 11) is 2.07. The Morgan fingerprint density at radius 2 is 1.89 bits per heavy atom. The van der Waals surface area contributed by atoms with Crippen LogP contribution in [0.3, 0.4) is 0 Å². The van der Waals surface area contributed by atoms with Crippen molar-refractivity contribution in [3.63, 3.8) is 0 Å². The van der Waals surface area contributed by atoms with Crippen LogP contribution in [0.25, 0.3) is 0 Å². The second kappa shape index (κ2) is 5.59. The first-order chi connectivity index (χ1) is 8.49. The zero-order valence-electron chi connectivity index (χ0n) is 10.5. The highest BCUT2D eigenvalue weighted by Gasteiger charge is 2.22. The SMILES string of the molecule is Cc1cc(Br)c(Cl)cc1C(=O)N1CCN(C)CC1. The van der Waals surface area contributed by atoms with Crippen LogP contribution in [0.1, 0.15) is 15.9 Å². The number of hydrogen-bond donors (Lipinski definition) is 0. The predicted octanol–water partition coefficient (Wildman–Crippen LogP) is 2.80. The number of likely N-dealkylation sites (N-methyl/N-ethyl adjacent to an activating group) is 1. The molecule has 5 heteroatoms. The number of benzene rings is 1. The van der Waals surface area contributed by atoms with E-state index in [2.05, 4.69) is 27.9 Å². The molecule has 0 saturated carbocycles. The van der Waals surface area contributed by atoms with Gasteiger partial charge < -0.3 is 9.80 Å². The van der Waals surface area contributed by atoms with Crippen LogP contribution >= 0.6 is 27.5 Å². The van der Waals surface area contributed by atoms with Crippen molar-refractivity contribution in [2.24, 2.45) is 0 Å². The number of hydrogen-bond acceptors (Lipinski definition) is 2. The van der Waals surface area contributed by atoms with Crippen molar-refractivity contribution in [1.82, 2.24) is 9.80 Å². The Kier molecular flexibility index (Phi) is 4.30. The molecule has 0 atom stereocenters. The fraction of sp³-hybridized carbons (Fsp3) is 0.462. The Labute approximate surface area is 121 Å².